The standard InChI is InChI=1S/C38H47N3O5.C38H45N3O5/c2*1-6-32(33-12-8-7-11-27(33)2)36(29-16-19-34-30(25-29)26-39-41(34)35-13-9-10-23-45-35)28-14-17-31(18-15-28)44-24-21-40(20-22-42)37(43)46-38(3,4)5/h7-8,11-12,14-19,25-26,35,42H,6,9-10,13,20-24H2,1-5H3;7-8,11-12,14-19,22,25-26,35H,6,9-10,13,20-21,23-24H2,1-5H3/b2*36-32+. The molecule has 10 rings (SSSR count). The van der Waals surface area contributed by atoms with E-state index in [1.807, 2.05) is 66.8 Å². The van der Waals surface area contributed by atoms with Crippen molar-refractivity contribution in [3.8, 4) is 11.5 Å². The number of aliphatic hydroxyl groups is 1. The van der Waals surface area contributed by atoms with Crippen molar-refractivity contribution in [3.05, 3.63) is 190 Å². The van der Waals surface area contributed by atoms with Gasteiger partial charge in [0, 0.05) is 30.5 Å². The fourth-order valence-electron chi connectivity index (χ4n) is 12.0. The molecule has 486 valence electrons. The Morgan fingerprint density at radius 1 is 0.565 bits per heavy atom. The number of hydrogen-bond acceptors (Lipinski definition) is 12. The lowest BCUT2D eigenvalue weighted by atomic mass is 9.86. The van der Waals surface area contributed by atoms with Crippen molar-refractivity contribution in [3.63, 3.8) is 0 Å². The Hall–Kier alpha value is -8.57. The van der Waals surface area contributed by atoms with Crippen LogP contribution in [0.15, 0.2) is 146 Å². The third kappa shape index (κ3) is 17.5. The number of carbonyl (C=O) groups excluding carboxylic acids is 3. The van der Waals surface area contributed by atoms with Gasteiger partial charge in [-0.15, -0.1) is 0 Å². The first-order valence-electron chi connectivity index (χ1n) is 32.6. The zero-order valence-corrected chi connectivity index (χ0v) is 55.4. The summed E-state index contributed by atoms with van der Waals surface area (Å²) >= 11 is 0. The normalized spacial score (nSPS) is 15.8. The number of ether oxygens (including phenoxy) is 6. The number of aliphatic hydroxyl groups excluding tert-OH is 1. The van der Waals surface area contributed by atoms with E-state index in [1.54, 1.807) is 20.8 Å². The molecule has 0 bridgehead atoms. The molecule has 0 radical (unpaired) electrons. The third-order valence-corrected chi connectivity index (χ3v) is 16.4. The SMILES string of the molecule is CC/C(=C(/c1ccc(OCCN(CC=O)C(=O)OC(C)(C)C)cc1)c1ccc2c(cnn2C2CCCCO2)c1)c1ccccc1C.CC/C(=C(/c1ccc(OCCN(CCO)C(=O)OC(C)(C)C)cc1)c1ccc2c(cnn2C2CCCCO2)c1)c1ccccc1C. The molecule has 2 fully saturated rings. The number of nitrogens with zero attached hydrogens (tertiary/aromatic N) is 6. The Balaban J connectivity index is 0.000000217. The van der Waals surface area contributed by atoms with E-state index >= 15 is 0 Å². The van der Waals surface area contributed by atoms with Crippen LogP contribution in [0.25, 0.3) is 44.1 Å². The Bertz CT molecular complexity index is 3820. The van der Waals surface area contributed by atoms with Crippen LogP contribution in [0.1, 0.15) is 164 Å². The predicted molar refractivity (Wildman–Crippen MR) is 365 cm³/mol. The van der Waals surface area contributed by atoms with E-state index < -0.39 is 23.4 Å². The number of hydrogen-bond donors (Lipinski definition) is 1. The van der Waals surface area contributed by atoms with Crippen LogP contribution in [0, 0.1) is 13.8 Å². The van der Waals surface area contributed by atoms with Gasteiger partial charge < -0.3 is 43.2 Å². The third-order valence-electron chi connectivity index (χ3n) is 16.4. The van der Waals surface area contributed by atoms with Gasteiger partial charge in [-0.2, -0.15) is 10.2 Å². The number of benzene rings is 6. The van der Waals surface area contributed by atoms with E-state index in [0.717, 1.165) is 114 Å². The summed E-state index contributed by atoms with van der Waals surface area (Å²) < 4.78 is 39.1. The summed E-state index contributed by atoms with van der Waals surface area (Å²) in [7, 11) is 0. The van der Waals surface area contributed by atoms with E-state index in [0.29, 0.717) is 24.3 Å². The lowest BCUT2D eigenvalue weighted by Crippen LogP contribution is -2.40. The number of allylic oxidation sites excluding steroid dienone is 2. The highest BCUT2D eigenvalue weighted by Crippen LogP contribution is 2.40. The zero-order valence-electron chi connectivity index (χ0n) is 55.4. The van der Waals surface area contributed by atoms with Crippen molar-refractivity contribution < 1.29 is 47.9 Å². The molecule has 92 heavy (non-hydrogen) atoms. The van der Waals surface area contributed by atoms with Gasteiger partial charge in [0.25, 0.3) is 0 Å². The van der Waals surface area contributed by atoms with Crippen molar-refractivity contribution in [2.45, 2.75) is 144 Å². The number of aromatic nitrogens is 4. The average molecular weight is 1250 g/mol. The molecule has 2 aromatic heterocycles. The van der Waals surface area contributed by atoms with Gasteiger partial charge in [-0.25, -0.2) is 19.0 Å². The predicted octanol–water partition coefficient (Wildman–Crippen LogP) is 16.2. The second-order valence-corrected chi connectivity index (χ2v) is 25.4. The summed E-state index contributed by atoms with van der Waals surface area (Å²) in [4.78, 5) is 39.1. The van der Waals surface area contributed by atoms with Crippen LogP contribution >= 0.6 is 0 Å². The van der Waals surface area contributed by atoms with Gasteiger partial charge >= 0.3 is 12.2 Å². The molecule has 2 unspecified atom stereocenters. The fourth-order valence-corrected chi connectivity index (χ4v) is 12.0. The first-order valence-corrected chi connectivity index (χ1v) is 32.6. The Morgan fingerprint density at radius 3 is 1.36 bits per heavy atom. The first kappa shape index (κ1) is 67.8. The molecule has 1 N–H and O–H groups in total. The molecule has 6 aromatic carbocycles. The quantitative estimate of drug-likeness (QED) is 0.0504. The molecule has 0 saturated carbocycles. The lowest BCUT2D eigenvalue weighted by Gasteiger charge is -2.27. The number of aldehydes is 1. The summed E-state index contributed by atoms with van der Waals surface area (Å²) in [6.07, 6.45) is 11.7. The van der Waals surface area contributed by atoms with Gasteiger partial charge in [-0.1, -0.05) is 98.8 Å². The van der Waals surface area contributed by atoms with Gasteiger partial charge in [0.05, 0.1) is 49.7 Å². The smallest absolute Gasteiger partial charge is 0.410 e. The van der Waals surface area contributed by atoms with Crippen LogP contribution in [0.3, 0.4) is 0 Å². The van der Waals surface area contributed by atoms with Crippen molar-refractivity contribution in [1.29, 1.82) is 0 Å². The molecule has 2 aliphatic heterocycles. The molecule has 8 aromatic rings. The maximum Gasteiger partial charge on any atom is 0.410 e. The average Bonchev–Trinajstić information content (AvgIpc) is 1.43. The van der Waals surface area contributed by atoms with Gasteiger partial charge in [0.15, 0.2) is 12.5 Å². The second-order valence-electron chi connectivity index (χ2n) is 25.4. The van der Waals surface area contributed by atoms with E-state index in [2.05, 4.69) is 137 Å². The van der Waals surface area contributed by atoms with Gasteiger partial charge in [0.1, 0.15) is 42.2 Å². The maximum absolute atomic E-state index is 12.6. The molecular formula is C76H92N6O10. The maximum atomic E-state index is 12.6. The Morgan fingerprint density at radius 2 is 0.978 bits per heavy atom. The molecule has 0 aliphatic carbocycles. The number of fused-ring (bicyclic) bond motifs is 2. The van der Waals surface area contributed by atoms with Crippen molar-refractivity contribution >= 4 is 62.6 Å². The van der Waals surface area contributed by atoms with Crippen molar-refractivity contribution in [2.24, 2.45) is 0 Å². The van der Waals surface area contributed by atoms with E-state index in [-0.39, 0.29) is 51.9 Å². The summed E-state index contributed by atoms with van der Waals surface area (Å²) in [6.45, 7) is 22.1. The summed E-state index contributed by atoms with van der Waals surface area (Å²) in [6, 6.07) is 46.5. The van der Waals surface area contributed by atoms with Crippen molar-refractivity contribution in [1.82, 2.24) is 29.4 Å². The molecule has 16 nitrogen and oxygen atoms in total. The summed E-state index contributed by atoms with van der Waals surface area (Å²) in [5.41, 5.74) is 15.1. The highest BCUT2D eigenvalue weighted by Gasteiger charge is 2.26. The van der Waals surface area contributed by atoms with Crippen LogP contribution in [-0.4, -0.2) is 123 Å². The lowest BCUT2D eigenvalue weighted by molar-refractivity contribution is -0.109. The van der Waals surface area contributed by atoms with Gasteiger partial charge in [-0.05, 0) is 222 Å². The largest absolute Gasteiger partial charge is 0.492 e. The van der Waals surface area contributed by atoms with E-state index in [1.165, 1.54) is 48.8 Å². The van der Waals surface area contributed by atoms with Crippen LogP contribution in [0.4, 0.5) is 9.59 Å². The summed E-state index contributed by atoms with van der Waals surface area (Å²) in [5, 5.41) is 21.1. The molecule has 16 heteroatoms. The topological polar surface area (TPSA) is 169 Å². The Kier molecular flexibility index (Phi) is 23.3. The Labute approximate surface area is 542 Å². The molecule has 4 heterocycles. The highest BCUT2D eigenvalue weighted by molar-refractivity contribution is 6.02. The van der Waals surface area contributed by atoms with Gasteiger partial charge in [0.2, 0.25) is 0 Å². The minimum Gasteiger partial charge on any atom is -0.492 e. The molecule has 2 saturated heterocycles. The number of rotatable bonds is 22. The van der Waals surface area contributed by atoms with Crippen LogP contribution in [-0.2, 0) is 23.7 Å². The number of amides is 2. The number of carbonyl (C=O) groups is 3. The molecule has 2 amide bonds. The van der Waals surface area contributed by atoms with Crippen LogP contribution in [0.5, 0.6) is 11.5 Å². The minimum absolute atomic E-state index is 0.0160. The van der Waals surface area contributed by atoms with Crippen LogP contribution in [0.2, 0.25) is 0 Å². The fraction of sp³-hybridized carbons (Fsp3) is 0.408. The molecule has 0 spiro atoms. The minimum atomic E-state index is -0.648. The second kappa shape index (κ2) is 31.6. The molecular weight excluding hydrogens is 1160 g/mol. The monoisotopic (exact) mass is 1250 g/mol. The van der Waals surface area contributed by atoms with Gasteiger partial charge in [-0.3, -0.25) is 4.90 Å². The zero-order chi connectivity index (χ0) is 65.4. The van der Waals surface area contributed by atoms with Crippen molar-refractivity contribution in [2.75, 3.05) is 59.2 Å². The highest BCUT2D eigenvalue weighted by atomic mass is 16.6. The number of aryl methyl sites for hydroxylation is 2. The first-order chi connectivity index (χ1) is 44.4. The summed E-state index contributed by atoms with van der Waals surface area (Å²) in [5.74, 6) is 1.38. The van der Waals surface area contributed by atoms with Crippen LogP contribution < -0.4 is 9.47 Å². The molecule has 2 atom stereocenters. The molecule has 2 aliphatic rings. The van der Waals surface area contributed by atoms with E-state index in [9.17, 15) is 19.5 Å². The van der Waals surface area contributed by atoms with E-state index in [4.69, 9.17) is 38.6 Å².